The van der Waals surface area contributed by atoms with Crippen molar-refractivity contribution in [1.82, 2.24) is 19.6 Å². The molecule has 2 unspecified atom stereocenters. The van der Waals surface area contributed by atoms with Crippen molar-refractivity contribution in [2.24, 2.45) is 11.3 Å². The lowest BCUT2D eigenvalue weighted by Crippen LogP contribution is -2.59. The number of likely N-dealkylation sites (tertiary alicyclic amines) is 3. The summed E-state index contributed by atoms with van der Waals surface area (Å²) in [5, 5.41) is 0. The average molecular weight is 449 g/mol. The molecule has 1 saturated carbocycles. The maximum absolute atomic E-state index is 13.2. The zero-order chi connectivity index (χ0) is 22.9. The molecule has 0 aromatic carbocycles. The number of hydrogen-bond donors (Lipinski definition) is 0. The summed E-state index contributed by atoms with van der Waals surface area (Å²) in [6.07, 6.45) is 8.16. The molecule has 3 heterocycles. The highest BCUT2D eigenvalue weighted by molar-refractivity contribution is 5.75. The third kappa shape index (κ3) is 4.34. The van der Waals surface area contributed by atoms with Crippen LogP contribution in [0.25, 0.3) is 0 Å². The first kappa shape index (κ1) is 23.7. The third-order valence-corrected chi connectivity index (χ3v) is 8.85. The Morgan fingerprint density at radius 2 is 1.78 bits per heavy atom. The number of urea groups is 1. The Bertz CT molecular complexity index is 678. The fourth-order valence-corrected chi connectivity index (χ4v) is 7.02. The van der Waals surface area contributed by atoms with Gasteiger partial charge in [-0.3, -0.25) is 4.90 Å². The summed E-state index contributed by atoms with van der Waals surface area (Å²) in [4.78, 5) is 34.3. The van der Waals surface area contributed by atoms with Crippen molar-refractivity contribution in [3.63, 3.8) is 0 Å². The van der Waals surface area contributed by atoms with E-state index < -0.39 is 0 Å². The van der Waals surface area contributed by atoms with E-state index in [1.54, 1.807) is 0 Å². The van der Waals surface area contributed by atoms with Gasteiger partial charge in [-0.05, 0) is 91.6 Å². The molecule has 32 heavy (non-hydrogen) atoms. The predicted molar refractivity (Wildman–Crippen MR) is 126 cm³/mol. The molecule has 4 rings (SSSR count). The van der Waals surface area contributed by atoms with E-state index in [4.69, 9.17) is 4.74 Å². The lowest BCUT2D eigenvalue weighted by molar-refractivity contribution is -0.0391. The molecule has 0 aromatic rings. The second-order valence-corrected chi connectivity index (χ2v) is 10.7. The van der Waals surface area contributed by atoms with Crippen LogP contribution in [0.5, 0.6) is 0 Å². The van der Waals surface area contributed by atoms with Gasteiger partial charge in [-0.1, -0.05) is 0 Å². The summed E-state index contributed by atoms with van der Waals surface area (Å²) in [7, 11) is 0. The molecule has 4 aliphatic rings. The van der Waals surface area contributed by atoms with Crippen LogP contribution < -0.4 is 0 Å². The Labute approximate surface area is 194 Å². The number of nitrogens with zero attached hydrogens (tertiary/aromatic N) is 4. The molecule has 0 bridgehead atoms. The SMILES string of the molecule is CCOC(=O)N1CCC2(CCC2N2CCC([C@@H]3CCCN3C(=O)N(CC)C(C)C)CC2)C1. The molecule has 3 atom stereocenters. The van der Waals surface area contributed by atoms with Crippen LogP contribution in [-0.4, -0.2) is 95.7 Å². The van der Waals surface area contributed by atoms with Crippen LogP contribution in [0.1, 0.15) is 72.6 Å². The number of ether oxygens (including phenoxy) is 1. The van der Waals surface area contributed by atoms with Gasteiger partial charge >= 0.3 is 12.1 Å². The van der Waals surface area contributed by atoms with Crippen LogP contribution in [0.4, 0.5) is 9.59 Å². The molecule has 0 N–H and O–H groups in total. The highest BCUT2D eigenvalue weighted by Gasteiger charge is 2.54. The minimum atomic E-state index is -0.137. The second-order valence-electron chi connectivity index (χ2n) is 10.7. The molecule has 0 aromatic heterocycles. The number of hydrogen-bond acceptors (Lipinski definition) is 4. The predicted octanol–water partition coefficient (Wildman–Crippen LogP) is 4.02. The molecule has 3 saturated heterocycles. The third-order valence-electron chi connectivity index (χ3n) is 8.85. The molecular formula is C25H44N4O3. The fourth-order valence-electron chi connectivity index (χ4n) is 7.02. The summed E-state index contributed by atoms with van der Waals surface area (Å²) in [5.41, 5.74) is 0.286. The number of carbonyl (C=O) groups excluding carboxylic acids is 2. The van der Waals surface area contributed by atoms with E-state index in [-0.39, 0.29) is 23.6 Å². The standard InChI is InChI=1S/C25H44N4O3/c1-5-28(19(3)4)23(30)29-14-7-8-21(29)20-10-15-26(16-11-20)22-9-12-25(22)13-17-27(18-25)24(31)32-6-2/h19-22H,5-18H2,1-4H3/t21-,22?,25?/m0/s1. The van der Waals surface area contributed by atoms with Crippen molar-refractivity contribution in [1.29, 1.82) is 0 Å². The van der Waals surface area contributed by atoms with Gasteiger partial charge in [0.2, 0.25) is 0 Å². The number of carbonyl (C=O) groups is 2. The van der Waals surface area contributed by atoms with Crippen LogP contribution in [-0.2, 0) is 4.74 Å². The molecule has 7 heteroatoms. The van der Waals surface area contributed by atoms with E-state index in [1.165, 1.54) is 25.7 Å². The first-order chi connectivity index (χ1) is 15.4. The zero-order valence-corrected chi connectivity index (χ0v) is 20.7. The van der Waals surface area contributed by atoms with Gasteiger partial charge in [0.25, 0.3) is 0 Å². The highest BCUT2D eigenvalue weighted by atomic mass is 16.6. The monoisotopic (exact) mass is 448 g/mol. The Hall–Kier alpha value is -1.50. The second kappa shape index (κ2) is 9.78. The van der Waals surface area contributed by atoms with E-state index in [0.717, 1.165) is 58.5 Å². The molecule has 7 nitrogen and oxygen atoms in total. The number of amides is 3. The van der Waals surface area contributed by atoms with Crippen LogP contribution in [0.15, 0.2) is 0 Å². The quantitative estimate of drug-likeness (QED) is 0.637. The molecule has 1 aliphatic carbocycles. The average Bonchev–Trinajstić information content (AvgIpc) is 3.43. The lowest BCUT2D eigenvalue weighted by atomic mass is 9.62. The van der Waals surface area contributed by atoms with E-state index in [9.17, 15) is 9.59 Å². The van der Waals surface area contributed by atoms with Crippen molar-refractivity contribution in [3.8, 4) is 0 Å². The van der Waals surface area contributed by atoms with Crippen LogP contribution in [0.3, 0.4) is 0 Å². The van der Waals surface area contributed by atoms with Gasteiger partial charge in [0, 0.05) is 49.7 Å². The van der Waals surface area contributed by atoms with Crippen molar-refractivity contribution < 1.29 is 14.3 Å². The van der Waals surface area contributed by atoms with Crippen molar-refractivity contribution >= 4 is 12.1 Å². The van der Waals surface area contributed by atoms with Gasteiger partial charge in [0.05, 0.1) is 6.61 Å². The summed E-state index contributed by atoms with van der Waals surface area (Å²) in [6.45, 7) is 14.3. The van der Waals surface area contributed by atoms with Crippen molar-refractivity contribution in [2.45, 2.75) is 90.8 Å². The van der Waals surface area contributed by atoms with Gasteiger partial charge in [-0.25, -0.2) is 9.59 Å². The Kier molecular flexibility index (Phi) is 7.23. The largest absolute Gasteiger partial charge is 0.450 e. The Balaban J connectivity index is 1.32. The molecule has 1 spiro atoms. The van der Waals surface area contributed by atoms with E-state index in [0.29, 0.717) is 24.6 Å². The summed E-state index contributed by atoms with van der Waals surface area (Å²) < 4.78 is 5.25. The molecule has 0 radical (unpaired) electrons. The topological polar surface area (TPSA) is 56.3 Å². The Morgan fingerprint density at radius 1 is 1.03 bits per heavy atom. The highest BCUT2D eigenvalue weighted by Crippen LogP contribution is 2.51. The molecule has 3 amide bonds. The summed E-state index contributed by atoms with van der Waals surface area (Å²) >= 11 is 0. The van der Waals surface area contributed by atoms with Crippen LogP contribution in [0, 0.1) is 11.3 Å². The minimum absolute atomic E-state index is 0.137. The number of rotatable bonds is 5. The van der Waals surface area contributed by atoms with E-state index in [2.05, 4.69) is 30.6 Å². The fraction of sp³-hybridized carbons (Fsp3) is 0.920. The lowest BCUT2D eigenvalue weighted by Gasteiger charge is -2.54. The molecule has 182 valence electrons. The van der Waals surface area contributed by atoms with Crippen LogP contribution in [0.2, 0.25) is 0 Å². The van der Waals surface area contributed by atoms with E-state index in [1.807, 2.05) is 16.7 Å². The van der Waals surface area contributed by atoms with Crippen LogP contribution >= 0.6 is 0 Å². The summed E-state index contributed by atoms with van der Waals surface area (Å²) in [6, 6.07) is 1.53. The minimum Gasteiger partial charge on any atom is -0.450 e. The van der Waals surface area contributed by atoms with Gasteiger partial charge in [0.1, 0.15) is 0 Å². The normalized spacial score (nSPS) is 31.4. The molecule has 3 aliphatic heterocycles. The van der Waals surface area contributed by atoms with Gasteiger partial charge in [-0.2, -0.15) is 0 Å². The van der Waals surface area contributed by atoms with Crippen molar-refractivity contribution in [2.75, 3.05) is 45.9 Å². The first-order valence-electron chi connectivity index (χ1n) is 13.1. The molecular weight excluding hydrogens is 404 g/mol. The number of piperidine rings is 1. The smallest absolute Gasteiger partial charge is 0.409 e. The Morgan fingerprint density at radius 3 is 2.38 bits per heavy atom. The summed E-state index contributed by atoms with van der Waals surface area (Å²) in [5.74, 6) is 0.624. The zero-order valence-electron chi connectivity index (χ0n) is 20.7. The van der Waals surface area contributed by atoms with Gasteiger partial charge in [0.15, 0.2) is 0 Å². The first-order valence-corrected chi connectivity index (χ1v) is 13.1. The van der Waals surface area contributed by atoms with Crippen molar-refractivity contribution in [3.05, 3.63) is 0 Å². The van der Waals surface area contributed by atoms with E-state index >= 15 is 0 Å². The maximum Gasteiger partial charge on any atom is 0.409 e. The van der Waals surface area contributed by atoms with Gasteiger partial charge in [-0.15, -0.1) is 0 Å². The maximum atomic E-state index is 13.2. The molecule has 4 fully saturated rings. The van der Waals surface area contributed by atoms with Gasteiger partial charge < -0.3 is 19.4 Å².